The van der Waals surface area contributed by atoms with Gasteiger partial charge in [0.15, 0.2) is 11.0 Å². The van der Waals surface area contributed by atoms with Crippen molar-refractivity contribution in [2.45, 2.75) is 23.9 Å². The van der Waals surface area contributed by atoms with Crippen molar-refractivity contribution in [3.8, 4) is 0 Å². The molecule has 1 atom stereocenters. The predicted octanol–water partition coefficient (Wildman–Crippen LogP) is 6.21. The van der Waals surface area contributed by atoms with Crippen molar-refractivity contribution in [1.29, 1.82) is 0 Å². The molecule has 2 aromatic carbocycles. The topological polar surface area (TPSA) is 59.8 Å². The Kier molecular flexibility index (Phi) is 7.35. The lowest BCUT2D eigenvalue weighted by Crippen LogP contribution is -2.28. The zero-order chi connectivity index (χ0) is 21.1. The van der Waals surface area contributed by atoms with E-state index in [-0.39, 0.29) is 17.0 Å². The number of amides is 1. The second-order valence-corrected chi connectivity index (χ2v) is 8.87. The highest BCUT2D eigenvalue weighted by Gasteiger charge is 2.20. The molecule has 0 aliphatic carbocycles. The van der Waals surface area contributed by atoms with Crippen molar-refractivity contribution in [2.24, 2.45) is 7.05 Å². The van der Waals surface area contributed by atoms with Crippen molar-refractivity contribution in [3.63, 3.8) is 0 Å². The van der Waals surface area contributed by atoms with Crippen molar-refractivity contribution < 1.29 is 4.79 Å². The molecule has 5 nitrogen and oxygen atoms in total. The van der Waals surface area contributed by atoms with E-state index in [9.17, 15) is 4.79 Å². The van der Waals surface area contributed by atoms with E-state index in [4.69, 9.17) is 46.4 Å². The third-order valence-electron chi connectivity index (χ3n) is 4.15. The molecule has 0 unspecified atom stereocenters. The highest BCUT2D eigenvalue weighted by Crippen LogP contribution is 2.28. The van der Waals surface area contributed by atoms with Gasteiger partial charge in [-0.15, -0.1) is 10.2 Å². The summed E-state index contributed by atoms with van der Waals surface area (Å²) in [5, 5.41) is 14.0. The Morgan fingerprint density at radius 1 is 1.07 bits per heavy atom. The number of carbonyl (C=O) groups excluding carboxylic acids is 1. The SMILES string of the molecule is C[C@H](NC(=O)c1ccc(Cl)cc1Cl)c1nnc(SCc2ccc(Cl)cc2Cl)n1C. The summed E-state index contributed by atoms with van der Waals surface area (Å²) in [4.78, 5) is 12.5. The number of nitrogens with one attached hydrogen (secondary N) is 1. The van der Waals surface area contributed by atoms with Gasteiger partial charge in [-0.1, -0.05) is 64.2 Å². The van der Waals surface area contributed by atoms with E-state index in [0.29, 0.717) is 37.4 Å². The maximum Gasteiger partial charge on any atom is 0.253 e. The quantitative estimate of drug-likeness (QED) is 0.418. The van der Waals surface area contributed by atoms with Gasteiger partial charge in [0.2, 0.25) is 0 Å². The maximum absolute atomic E-state index is 12.5. The lowest BCUT2D eigenvalue weighted by Gasteiger charge is -2.14. The third-order valence-corrected chi connectivity index (χ3v) is 6.35. The Balaban J connectivity index is 1.68. The molecule has 3 rings (SSSR count). The fourth-order valence-corrected chi connectivity index (χ4v) is 4.59. The molecule has 0 radical (unpaired) electrons. The van der Waals surface area contributed by atoms with Crippen LogP contribution in [0.4, 0.5) is 0 Å². The third kappa shape index (κ3) is 5.38. The number of halogens is 4. The average molecular weight is 490 g/mol. The van der Waals surface area contributed by atoms with Crippen LogP contribution in [0.15, 0.2) is 41.6 Å². The number of thioether (sulfide) groups is 1. The van der Waals surface area contributed by atoms with Crippen LogP contribution < -0.4 is 5.32 Å². The van der Waals surface area contributed by atoms with Gasteiger partial charge in [-0.2, -0.15) is 0 Å². The van der Waals surface area contributed by atoms with Crippen molar-refractivity contribution >= 4 is 64.1 Å². The van der Waals surface area contributed by atoms with Gasteiger partial charge in [-0.3, -0.25) is 4.79 Å². The summed E-state index contributed by atoms with van der Waals surface area (Å²) >= 11 is 25.6. The van der Waals surface area contributed by atoms with Crippen LogP contribution in [-0.2, 0) is 12.8 Å². The molecule has 1 N–H and O–H groups in total. The largest absolute Gasteiger partial charge is 0.342 e. The molecular weight excluding hydrogens is 474 g/mol. The van der Waals surface area contributed by atoms with E-state index >= 15 is 0 Å². The molecule has 0 fully saturated rings. The van der Waals surface area contributed by atoms with Crippen LogP contribution in [0.1, 0.15) is 34.7 Å². The number of benzene rings is 2. The average Bonchev–Trinajstić information content (AvgIpc) is 3.01. The number of hydrogen-bond donors (Lipinski definition) is 1. The highest BCUT2D eigenvalue weighted by atomic mass is 35.5. The fraction of sp³-hybridized carbons (Fsp3) is 0.211. The second kappa shape index (κ2) is 9.58. The Labute approximate surface area is 192 Å². The number of aromatic nitrogens is 3. The van der Waals surface area contributed by atoms with E-state index in [2.05, 4.69) is 15.5 Å². The standard InChI is InChI=1S/C19H16Cl4N4OS/c1-10(24-18(28)14-6-5-13(21)8-16(14)23)17-25-26-19(27(17)2)29-9-11-3-4-12(20)7-15(11)22/h3-8,10H,9H2,1-2H3,(H,24,28)/t10-/m0/s1. The van der Waals surface area contributed by atoms with Crippen LogP contribution in [0.25, 0.3) is 0 Å². The van der Waals surface area contributed by atoms with Crippen LogP contribution >= 0.6 is 58.2 Å². The Bertz CT molecular complexity index is 1060. The summed E-state index contributed by atoms with van der Waals surface area (Å²) in [5.41, 5.74) is 1.29. The van der Waals surface area contributed by atoms with Crippen LogP contribution in [0.3, 0.4) is 0 Å². The molecule has 1 amide bonds. The Morgan fingerprint density at radius 2 is 1.72 bits per heavy atom. The molecule has 0 saturated heterocycles. The minimum atomic E-state index is -0.375. The molecule has 3 aromatic rings. The first kappa shape index (κ1) is 22.2. The first-order chi connectivity index (χ1) is 13.8. The summed E-state index contributed by atoms with van der Waals surface area (Å²) in [6, 6.07) is 9.74. The number of carbonyl (C=O) groups is 1. The monoisotopic (exact) mass is 488 g/mol. The predicted molar refractivity (Wildman–Crippen MR) is 119 cm³/mol. The molecule has 29 heavy (non-hydrogen) atoms. The lowest BCUT2D eigenvalue weighted by molar-refractivity contribution is 0.0938. The lowest BCUT2D eigenvalue weighted by atomic mass is 10.2. The van der Waals surface area contributed by atoms with Crippen molar-refractivity contribution in [1.82, 2.24) is 20.1 Å². The van der Waals surface area contributed by atoms with E-state index in [1.54, 1.807) is 24.3 Å². The molecule has 0 bridgehead atoms. The fourth-order valence-electron chi connectivity index (χ4n) is 2.62. The summed E-state index contributed by atoms with van der Waals surface area (Å²) in [5.74, 6) is 0.917. The maximum atomic E-state index is 12.5. The van der Waals surface area contributed by atoms with Gasteiger partial charge in [0.05, 0.1) is 16.6 Å². The Hall–Kier alpha value is -1.44. The molecule has 0 spiro atoms. The zero-order valence-electron chi connectivity index (χ0n) is 15.4. The van der Waals surface area contributed by atoms with E-state index in [1.807, 2.05) is 24.6 Å². The molecule has 0 saturated carbocycles. The van der Waals surface area contributed by atoms with Gasteiger partial charge >= 0.3 is 0 Å². The van der Waals surface area contributed by atoms with Crippen molar-refractivity contribution in [3.05, 3.63) is 73.4 Å². The van der Waals surface area contributed by atoms with Crippen LogP contribution in [-0.4, -0.2) is 20.7 Å². The summed E-state index contributed by atoms with van der Waals surface area (Å²) in [6.07, 6.45) is 0. The minimum absolute atomic E-state index is 0.288. The summed E-state index contributed by atoms with van der Waals surface area (Å²) in [6.45, 7) is 1.83. The molecule has 152 valence electrons. The first-order valence-corrected chi connectivity index (χ1v) is 11.0. The second-order valence-electron chi connectivity index (χ2n) is 6.24. The Morgan fingerprint density at radius 3 is 2.38 bits per heavy atom. The van der Waals surface area contributed by atoms with Gasteiger partial charge in [0.25, 0.3) is 5.91 Å². The summed E-state index contributed by atoms with van der Waals surface area (Å²) < 4.78 is 1.84. The van der Waals surface area contributed by atoms with Gasteiger partial charge in [0, 0.05) is 27.9 Å². The molecule has 1 heterocycles. The molecule has 0 aliphatic heterocycles. The van der Waals surface area contributed by atoms with Crippen molar-refractivity contribution in [2.75, 3.05) is 0 Å². The van der Waals surface area contributed by atoms with E-state index < -0.39 is 0 Å². The van der Waals surface area contributed by atoms with Gasteiger partial charge in [0.1, 0.15) is 0 Å². The molecule has 10 heteroatoms. The smallest absolute Gasteiger partial charge is 0.253 e. The van der Waals surface area contributed by atoms with Crippen LogP contribution in [0, 0.1) is 0 Å². The van der Waals surface area contributed by atoms with E-state index in [1.165, 1.54) is 17.8 Å². The van der Waals surface area contributed by atoms with Gasteiger partial charge < -0.3 is 9.88 Å². The molecular formula is C19H16Cl4N4OS. The minimum Gasteiger partial charge on any atom is -0.342 e. The number of rotatable bonds is 6. The number of hydrogen-bond acceptors (Lipinski definition) is 4. The first-order valence-electron chi connectivity index (χ1n) is 8.48. The summed E-state index contributed by atoms with van der Waals surface area (Å²) in [7, 11) is 1.85. The number of nitrogens with zero attached hydrogens (tertiary/aromatic N) is 3. The van der Waals surface area contributed by atoms with Gasteiger partial charge in [-0.05, 0) is 42.8 Å². The van der Waals surface area contributed by atoms with E-state index in [0.717, 1.165) is 5.56 Å². The highest BCUT2D eigenvalue weighted by molar-refractivity contribution is 7.98. The van der Waals surface area contributed by atoms with Gasteiger partial charge in [-0.25, -0.2) is 0 Å². The zero-order valence-corrected chi connectivity index (χ0v) is 19.3. The normalized spacial score (nSPS) is 12.1. The molecule has 0 aliphatic rings. The van der Waals surface area contributed by atoms with Crippen LogP contribution in [0.5, 0.6) is 0 Å². The van der Waals surface area contributed by atoms with Crippen LogP contribution in [0.2, 0.25) is 20.1 Å². The molecule has 1 aromatic heterocycles.